The van der Waals surface area contributed by atoms with E-state index < -0.39 is 15.4 Å². The van der Waals surface area contributed by atoms with Crippen molar-refractivity contribution >= 4 is 26.3 Å². The first-order valence-electron chi connectivity index (χ1n) is 2.25. The molecular formula is C3H7BrO4S. The topological polar surface area (TPSA) is 63.6 Å². The summed E-state index contributed by atoms with van der Waals surface area (Å²) in [6.45, 7) is 1.71. The maximum Gasteiger partial charge on any atom is 0.398 e. The van der Waals surface area contributed by atoms with Crippen LogP contribution < -0.4 is 0 Å². The van der Waals surface area contributed by atoms with Crippen molar-refractivity contribution in [2.75, 3.05) is 0 Å². The van der Waals surface area contributed by atoms with E-state index in [4.69, 9.17) is 4.55 Å². The number of hydrogen-bond donors (Lipinski definition) is 1. The molecule has 1 unspecified atom stereocenters. The first kappa shape index (κ1) is 9.35. The average Bonchev–Trinajstić information content (AvgIpc) is 1.62. The Balaban J connectivity index is 3.75. The Hall–Kier alpha value is 0.350. The molecule has 56 valence electrons. The van der Waals surface area contributed by atoms with Crippen molar-refractivity contribution in [1.82, 2.24) is 0 Å². The quantitative estimate of drug-likeness (QED) is 0.566. The standard InChI is InChI=1S/C3H7BrO4S/c1-2-3(4)8-9(5,6)7/h3H,2H2,1H3,(H,5,6,7). The summed E-state index contributed by atoms with van der Waals surface area (Å²) >= 11 is 2.85. The SMILES string of the molecule is CCC(Br)OS(=O)(=O)O. The molecule has 0 fully saturated rings. The van der Waals surface area contributed by atoms with Crippen molar-refractivity contribution in [3.8, 4) is 0 Å². The van der Waals surface area contributed by atoms with Gasteiger partial charge in [0.1, 0.15) is 5.01 Å². The predicted octanol–water partition coefficient (Wildman–Crippen LogP) is 0.937. The second-order valence-electron chi connectivity index (χ2n) is 1.34. The van der Waals surface area contributed by atoms with Gasteiger partial charge in [-0.25, -0.2) is 4.18 Å². The molecule has 9 heavy (non-hydrogen) atoms. The van der Waals surface area contributed by atoms with Crippen LogP contribution in [0.2, 0.25) is 0 Å². The summed E-state index contributed by atoms with van der Waals surface area (Å²) in [6.07, 6.45) is 0.472. The van der Waals surface area contributed by atoms with E-state index in [-0.39, 0.29) is 0 Å². The third kappa shape index (κ3) is 6.23. The summed E-state index contributed by atoms with van der Waals surface area (Å²) in [5, 5.41) is -0.632. The summed E-state index contributed by atoms with van der Waals surface area (Å²) in [7, 11) is -4.28. The molecule has 0 rings (SSSR count). The zero-order valence-corrected chi connectivity index (χ0v) is 7.15. The first-order valence-corrected chi connectivity index (χ1v) is 4.53. The van der Waals surface area contributed by atoms with Gasteiger partial charge in [0.2, 0.25) is 0 Å². The van der Waals surface area contributed by atoms with Gasteiger partial charge in [-0.1, -0.05) is 22.9 Å². The van der Waals surface area contributed by atoms with E-state index in [2.05, 4.69) is 20.1 Å². The fourth-order valence-electron chi connectivity index (χ4n) is 0.200. The van der Waals surface area contributed by atoms with E-state index in [0.29, 0.717) is 6.42 Å². The first-order chi connectivity index (χ1) is 3.95. The molecule has 0 aliphatic heterocycles. The lowest BCUT2D eigenvalue weighted by Crippen LogP contribution is -2.10. The van der Waals surface area contributed by atoms with Crippen LogP contribution in [-0.4, -0.2) is 18.0 Å². The Kier molecular flexibility index (Phi) is 3.64. The zero-order valence-electron chi connectivity index (χ0n) is 4.74. The van der Waals surface area contributed by atoms with E-state index in [0.717, 1.165) is 0 Å². The molecule has 0 aromatic rings. The normalized spacial score (nSPS) is 15.4. The Morgan fingerprint density at radius 3 is 2.33 bits per heavy atom. The van der Waals surface area contributed by atoms with E-state index in [1.165, 1.54) is 0 Å². The Labute approximate surface area is 62.3 Å². The minimum absolute atomic E-state index is 0.472. The van der Waals surface area contributed by atoms with Crippen molar-refractivity contribution in [2.24, 2.45) is 0 Å². The second-order valence-corrected chi connectivity index (χ2v) is 3.41. The molecule has 1 atom stereocenters. The summed E-state index contributed by atoms with van der Waals surface area (Å²) in [6, 6.07) is 0. The van der Waals surface area contributed by atoms with Crippen LogP contribution in [0.3, 0.4) is 0 Å². The van der Waals surface area contributed by atoms with E-state index in [1.54, 1.807) is 6.92 Å². The molecule has 0 aliphatic carbocycles. The molecule has 0 saturated heterocycles. The van der Waals surface area contributed by atoms with E-state index in [9.17, 15) is 8.42 Å². The van der Waals surface area contributed by atoms with Crippen LogP contribution in [0.5, 0.6) is 0 Å². The highest BCUT2D eigenvalue weighted by Crippen LogP contribution is 2.08. The number of hydrogen-bond acceptors (Lipinski definition) is 3. The number of halogens is 1. The van der Waals surface area contributed by atoms with Gasteiger partial charge in [0.05, 0.1) is 0 Å². The summed E-state index contributed by atoms with van der Waals surface area (Å²) in [5.74, 6) is 0. The molecule has 0 amide bonds. The van der Waals surface area contributed by atoms with Crippen molar-refractivity contribution in [3.63, 3.8) is 0 Å². The van der Waals surface area contributed by atoms with Gasteiger partial charge in [-0.15, -0.1) is 0 Å². The van der Waals surface area contributed by atoms with Gasteiger partial charge in [0, 0.05) is 0 Å². The zero-order chi connectivity index (χ0) is 7.49. The maximum atomic E-state index is 9.90. The number of alkyl halides is 1. The molecule has 6 heteroatoms. The summed E-state index contributed by atoms with van der Waals surface area (Å²) in [5.41, 5.74) is 0. The molecule has 0 aromatic carbocycles. The van der Waals surface area contributed by atoms with Gasteiger partial charge in [0.25, 0.3) is 0 Å². The highest BCUT2D eigenvalue weighted by Gasteiger charge is 2.10. The molecular weight excluding hydrogens is 212 g/mol. The molecule has 4 nitrogen and oxygen atoms in total. The lowest BCUT2D eigenvalue weighted by molar-refractivity contribution is 0.250. The highest BCUT2D eigenvalue weighted by atomic mass is 79.9. The Morgan fingerprint density at radius 1 is 1.78 bits per heavy atom. The van der Waals surface area contributed by atoms with Gasteiger partial charge in [-0.05, 0) is 6.42 Å². The molecule has 1 N–H and O–H groups in total. The van der Waals surface area contributed by atoms with Crippen LogP contribution in [-0.2, 0) is 14.6 Å². The molecule has 0 bridgehead atoms. The lowest BCUT2D eigenvalue weighted by atomic mass is 10.5. The molecule has 0 saturated carbocycles. The van der Waals surface area contributed by atoms with Crippen molar-refractivity contribution < 1.29 is 17.2 Å². The predicted molar refractivity (Wildman–Crippen MR) is 35.6 cm³/mol. The molecule has 0 aromatic heterocycles. The van der Waals surface area contributed by atoms with E-state index in [1.807, 2.05) is 0 Å². The molecule has 0 heterocycles. The van der Waals surface area contributed by atoms with Gasteiger partial charge >= 0.3 is 10.4 Å². The summed E-state index contributed by atoms with van der Waals surface area (Å²) < 4.78 is 31.9. The smallest absolute Gasteiger partial charge is 0.263 e. The van der Waals surface area contributed by atoms with Crippen LogP contribution in [0.1, 0.15) is 13.3 Å². The molecule has 0 spiro atoms. The average molecular weight is 219 g/mol. The fraction of sp³-hybridized carbons (Fsp3) is 1.00. The largest absolute Gasteiger partial charge is 0.398 e. The number of rotatable bonds is 3. The Morgan fingerprint density at radius 2 is 2.22 bits per heavy atom. The minimum atomic E-state index is -4.28. The summed E-state index contributed by atoms with van der Waals surface area (Å²) in [4.78, 5) is 0. The van der Waals surface area contributed by atoms with Crippen LogP contribution in [0.4, 0.5) is 0 Å². The minimum Gasteiger partial charge on any atom is -0.263 e. The van der Waals surface area contributed by atoms with Crippen LogP contribution in [0, 0.1) is 0 Å². The monoisotopic (exact) mass is 218 g/mol. The van der Waals surface area contributed by atoms with E-state index >= 15 is 0 Å². The van der Waals surface area contributed by atoms with Gasteiger partial charge in [-0.3, -0.25) is 4.55 Å². The van der Waals surface area contributed by atoms with Crippen LogP contribution >= 0.6 is 15.9 Å². The van der Waals surface area contributed by atoms with Gasteiger partial charge in [-0.2, -0.15) is 8.42 Å². The van der Waals surface area contributed by atoms with Crippen LogP contribution in [0.15, 0.2) is 0 Å². The fourth-order valence-corrected chi connectivity index (χ4v) is 1.18. The third-order valence-electron chi connectivity index (χ3n) is 0.547. The Bertz CT molecular complexity index is 163. The van der Waals surface area contributed by atoms with Crippen LogP contribution in [0.25, 0.3) is 0 Å². The maximum absolute atomic E-state index is 9.90. The van der Waals surface area contributed by atoms with Gasteiger partial charge < -0.3 is 0 Å². The van der Waals surface area contributed by atoms with Crippen molar-refractivity contribution in [2.45, 2.75) is 18.4 Å². The molecule has 0 radical (unpaired) electrons. The highest BCUT2D eigenvalue weighted by molar-refractivity contribution is 9.09. The second kappa shape index (κ2) is 3.50. The molecule has 0 aliphatic rings. The third-order valence-corrected chi connectivity index (χ3v) is 2.10. The van der Waals surface area contributed by atoms with Gasteiger partial charge in [0.15, 0.2) is 0 Å². The van der Waals surface area contributed by atoms with Crippen molar-refractivity contribution in [3.05, 3.63) is 0 Å². The van der Waals surface area contributed by atoms with Crippen molar-refractivity contribution in [1.29, 1.82) is 0 Å². The lowest BCUT2D eigenvalue weighted by Gasteiger charge is -2.02.